The molecule has 0 aliphatic rings. The molecule has 0 aliphatic carbocycles. The summed E-state index contributed by atoms with van der Waals surface area (Å²) in [6.07, 6.45) is 0.996. The maximum atomic E-state index is 11.1. The molecule has 0 rings (SSSR count). The minimum absolute atomic E-state index is 0.258. The van der Waals surface area contributed by atoms with E-state index < -0.39 is 11.4 Å². The van der Waals surface area contributed by atoms with Crippen molar-refractivity contribution in [2.45, 2.75) is 25.8 Å². The highest BCUT2D eigenvalue weighted by Crippen LogP contribution is 2.02. The Morgan fingerprint density at radius 2 is 1.93 bits per heavy atom. The second kappa shape index (κ2) is 7.62. The van der Waals surface area contributed by atoms with Gasteiger partial charge in [0.15, 0.2) is 0 Å². The van der Waals surface area contributed by atoms with Crippen molar-refractivity contribution in [1.29, 1.82) is 0 Å². The molecule has 0 aromatic heterocycles. The predicted octanol–water partition coefficient (Wildman–Crippen LogP) is -0.107. The Labute approximate surface area is 91.3 Å². The van der Waals surface area contributed by atoms with E-state index in [2.05, 4.69) is 5.32 Å². The molecular formula is C10H22N2O3. The highest BCUT2D eigenvalue weighted by Gasteiger charge is 2.28. The molecule has 0 radical (unpaired) electrons. The lowest BCUT2D eigenvalue weighted by atomic mass is 10.0. The molecule has 0 fully saturated rings. The molecule has 0 aliphatic heterocycles. The van der Waals surface area contributed by atoms with Gasteiger partial charge in [-0.15, -0.1) is 0 Å². The van der Waals surface area contributed by atoms with Crippen molar-refractivity contribution in [2.75, 3.05) is 33.5 Å². The molecule has 0 spiro atoms. The van der Waals surface area contributed by atoms with E-state index >= 15 is 0 Å². The van der Waals surface area contributed by atoms with Gasteiger partial charge in [0, 0.05) is 6.61 Å². The van der Waals surface area contributed by atoms with Crippen LogP contribution in [0.5, 0.6) is 0 Å². The molecule has 0 aromatic carbocycles. The average molecular weight is 218 g/mol. The zero-order valence-corrected chi connectivity index (χ0v) is 9.84. The minimum atomic E-state index is -0.801. The molecule has 90 valence electrons. The average Bonchev–Trinajstić information content (AvgIpc) is 2.22. The number of ether oxygens (including phenoxy) is 2. The highest BCUT2D eigenvalue weighted by molar-refractivity contribution is 5.84. The number of hydrogen-bond donors (Lipinski definition) is 2. The fraction of sp³-hybridized carbons (Fsp3) is 0.900. The van der Waals surface area contributed by atoms with E-state index in [0.717, 1.165) is 13.0 Å². The Hall–Kier alpha value is -0.650. The van der Waals surface area contributed by atoms with E-state index in [0.29, 0.717) is 13.2 Å². The number of likely N-dealkylation sites (N-methyl/N-ethyl adjacent to an activating group) is 1. The lowest BCUT2D eigenvalue weighted by Crippen LogP contribution is -2.55. The zero-order valence-electron chi connectivity index (χ0n) is 9.84. The van der Waals surface area contributed by atoms with E-state index in [1.165, 1.54) is 0 Å². The Kier molecular flexibility index (Phi) is 7.29. The summed E-state index contributed by atoms with van der Waals surface area (Å²) in [5.74, 6) is -0.417. The molecule has 0 aromatic rings. The van der Waals surface area contributed by atoms with Gasteiger partial charge in [0.2, 0.25) is 5.91 Å². The van der Waals surface area contributed by atoms with Crippen molar-refractivity contribution >= 4 is 5.91 Å². The number of amides is 1. The minimum Gasteiger partial charge on any atom is -0.379 e. The van der Waals surface area contributed by atoms with Crippen molar-refractivity contribution in [3.63, 3.8) is 0 Å². The van der Waals surface area contributed by atoms with Crippen molar-refractivity contribution in [3.8, 4) is 0 Å². The van der Waals surface area contributed by atoms with Crippen LogP contribution in [0.15, 0.2) is 0 Å². The lowest BCUT2D eigenvalue weighted by molar-refractivity contribution is -0.126. The molecule has 3 N–H and O–H groups in total. The normalized spacial score (nSPS) is 14.9. The summed E-state index contributed by atoms with van der Waals surface area (Å²) < 4.78 is 10.5. The second-order valence-corrected chi connectivity index (χ2v) is 3.61. The first-order valence-corrected chi connectivity index (χ1v) is 5.21. The molecule has 0 heterocycles. The number of carbonyl (C=O) groups excluding carboxylic acids is 1. The van der Waals surface area contributed by atoms with Crippen molar-refractivity contribution < 1.29 is 14.3 Å². The molecule has 15 heavy (non-hydrogen) atoms. The van der Waals surface area contributed by atoms with Crippen LogP contribution in [0.25, 0.3) is 0 Å². The van der Waals surface area contributed by atoms with Gasteiger partial charge in [-0.1, -0.05) is 6.92 Å². The third kappa shape index (κ3) is 5.71. The maximum absolute atomic E-state index is 11.1. The molecule has 5 nitrogen and oxygen atoms in total. The SMILES string of the molecule is CCCOCCOCC(C)(NC)C(N)=O. The first kappa shape index (κ1) is 14.3. The monoisotopic (exact) mass is 218 g/mol. The fourth-order valence-electron chi connectivity index (χ4n) is 0.907. The molecule has 5 heteroatoms. The predicted molar refractivity (Wildman–Crippen MR) is 58.6 cm³/mol. The first-order chi connectivity index (χ1) is 7.06. The smallest absolute Gasteiger partial charge is 0.239 e. The summed E-state index contributed by atoms with van der Waals surface area (Å²) >= 11 is 0. The third-order valence-electron chi connectivity index (χ3n) is 2.21. The number of hydrogen-bond acceptors (Lipinski definition) is 4. The van der Waals surface area contributed by atoms with Crippen molar-refractivity contribution in [3.05, 3.63) is 0 Å². The van der Waals surface area contributed by atoms with Crippen molar-refractivity contribution in [1.82, 2.24) is 5.32 Å². The van der Waals surface area contributed by atoms with E-state index in [-0.39, 0.29) is 6.61 Å². The molecule has 0 saturated heterocycles. The van der Waals surface area contributed by atoms with Gasteiger partial charge in [-0.3, -0.25) is 4.79 Å². The van der Waals surface area contributed by atoms with Crippen LogP contribution in [-0.2, 0) is 14.3 Å². The van der Waals surface area contributed by atoms with Gasteiger partial charge in [-0.05, 0) is 20.4 Å². The topological polar surface area (TPSA) is 73.6 Å². The van der Waals surface area contributed by atoms with Crippen LogP contribution in [0.2, 0.25) is 0 Å². The third-order valence-corrected chi connectivity index (χ3v) is 2.21. The summed E-state index contributed by atoms with van der Waals surface area (Å²) in [5, 5.41) is 2.84. The largest absolute Gasteiger partial charge is 0.379 e. The Morgan fingerprint density at radius 3 is 2.40 bits per heavy atom. The number of nitrogens with one attached hydrogen (secondary N) is 1. The summed E-state index contributed by atoms with van der Waals surface area (Å²) in [5.41, 5.74) is 4.43. The van der Waals surface area contributed by atoms with Gasteiger partial charge < -0.3 is 20.5 Å². The van der Waals surface area contributed by atoms with E-state index in [9.17, 15) is 4.79 Å². The van der Waals surface area contributed by atoms with E-state index in [4.69, 9.17) is 15.2 Å². The quantitative estimate of drug-likeness (QED) is 0.530. The summed E-state index contributed by atoms with van der Waals surface area (Å²) in [7, 11) is 1.68. The van der Waals surface area contributed by atoms with Gasteiger partial charge >= 0.3 is 0 Å². The Bertz CT molecular complexity index is 188. The van der Waals surface area contributed by atoms with Gasteiger partial charge in [-0.25, -0.2) is 0 Å². The van der Waals surface area contributed by atoms with E-state index in [1.54, 1.807) is 14.0 Å². The fourth-order valence-corrected chi connectivity index (χ4v) is 0.907. The van der Waals surface area contributed by atoms with E-state index in [1.807, 2.05) is 6.92 Å². The van der Waals surface area contributed by atoms with Gasteiger partial charge in [0.05, 0.1) is 19.8 Å². The maximum Gasteiger partial charge on any atom is 0.239 e. The standard InChI is InChI=1S/C10H22N2O3/c1-4-5-14-6-7-15-8-10(2,12-3)9(11)13/h12H,4-8H2,1-3H3,(H2,11,13). The number of rotatable bonds is 9. The molecule has 1 unspecified atom stereocenters. The van der Waals surface area contributed by atoms with Gasteiger partial charge in [0.25, 0.3) is 0 Å². The highest BCUT2D eigenvalue weighted by atomic mass is 16.5. The Morgan fingerprint density at radius 1 is 1.33 bits per heavy atom. The van der Waals surface area contributed by atoms with Crippen LogP contribution >= 0.6 is 0 Å². The first-order valence-electron chi connectivity index (χ1n) is 5.21. The molecule has 1 amide bonds. The molecule has 1 atom stereocenters. The van der Waals surface area contributed by atoms with Gasteiger partial charge in [-0.2, -0.15) is 0 Å². The molecular weight excluding hydrogens is 196 g/mol. The summed E-state index contributed by atoms with van der Waals surface area (Å²) in [4.78, 5) is 11.1. The van der Waals surface area contributed by atoms with Crippen LogP contribution < -0.4 is 11.1 Å². The Balaban J connectivity index is 3.60. The van der Waals surface area contributed by atoms with Crippen LogP contribution in [0, 0.1) is 0 Å². The van der Waals surface area contributed by atoms with Gasteiger partial charge in [0.1, 0.15) is 5.54 Å². The number of carbonyl (C=O) groups is 1. The lowest BCUT2D eigenvalue weighted by Gasteiger charge is -2.24. The van der Waals surface area contributed by atoms with Crippen LogP contribution in [0.4, 0.5) is 0 Å². The molecule has 0 saturated carbocycles. The second-order valence-electron chi connectivity index (χ2n) is 3.61. The van der Waals surface area contributed by atoms with Crippen LogP contribution in [0.1, 0.15) is 20.3 Å². The van der Waals surface area contributed by atoms with Crippen LogP contribution in [-0.4, -0.2) is 44.9 Å². The van der Waals surface area contributed by atoms with Crippen molar-refractivity contribution in [2.24, 2.45) is 5.73 Å². The number of primary amides is 1. The van der Waals surface area contributed by atoms with Crippen LogP contribution in [0.3, 0.4) is 0 Å². The summed E-state index contributed by atoms with van der Waals surface area (Å²) in [6, 6.07) is 0. The molecule has 0 bridgehead atoms. The zero-order chi connectivity index (χ0) is 11.7. The number of nitrogens with two attached hydrogens (primary N) is 1. The summed E-state index contributed by atoms with van der Waals surface area (Å²) in [6.45, 7) is 5.78.